The van der Waals surface area contributed by atoms with Gasteiger partial charge in [-0.05, 0) is 75.5 Å². The first-order valence-corrected chi connectivity index (χ1v) is 14.3. The average Bonchev–Trinajstić information content (AvgIpc) is 3.45. The second kappa shape index (κ2) is 10.1. The Labute approximate surface area is 244 Å². The molecule has 0 fully saturated rings. The molecule has 0 radical (unpaired) electrons. The maximum absolute atomic E-state index is 6.48. The zero-order chi connectivity index (χ0) is 27.9. The summed E-state index contributed by atoms with van der Waals surface area (Å²) < 4.78 is 6.48. The lowest BCUT2D eigenvalue weighted by atomic mass is 9.95. The van der Waals surface area contributed by atoms with Crippen LogP contribution in [0.15, 0.2) is 168 Å². The van der Waals surface area contributed by atoms with Gasteiger partial charge in [0.25, 0.3) is 0 Å². The van der Waals surface area contributed by atoms with E-state index in [2.05, 4.69) is 157 Å². The molecule has 7 aromatic carbocycles. The van der Waals surface area contributed by atoms with Crippen LogP contribution in [-0.2, 0) is 0 Å². The van der Waals surface area contributed by atoms with Crippen molar-refractivity contribution in [1.29, 1.82) is 0 Å². The molecule has 0 N–H and O–H groups in total. The van der Waals surface area contributed by atoms with Gasteiger partial charge in [-0.1, -0.05) is 121 Å². The zero-order valence-electron chi connectivity index (χ0n) is 22.9. The highest BCUT2D eigenvalue weighted by Gasteiger charge is 2.19. The lowest BCUT2D eigenvalue weighted by Gasteiger charge is -2.26. The Morgan fingerprint density at radius 1 is 0.405 bits per heavy atom. The highest BCUT2D eigenvalue weighted by molar-refractivity contribution is 6.10. The van der Waals surface area contributed by atoms with E-state index in [1.807, 2.05) is 12.1 Å². The molecule has 8 aromatic rings. The van der Waals surface area contributed by atoms with Crippen LogP contribution in [0, 0.1) is 0 Å². The molecule has 0 unspecified atom stereocenters. The Balaban J connectivity index is 1.28. The number of hydrogen-bond donors (Lipinski definition) is 0. The first-order valence-electron chi connectivity index (χ1n) is 14.3. The van der Waals surface area contributed by atoms with Crippen molar-refractivity contribution >= 4 is 49.8 Å². The number of benzene rings is 7. The van der Waals surface area contributed by atoms with Gasteiger partial charge < -0.3 is 9.32 Å². The second-order valence-corrected chi connectivity index (χ2v) is 10.6. The normalized spacial score (nSPS) is 11.3. The molecule has 0 spiro atoms. The number of fused-ring (bicyclic) bond motifs is 4. The Morgan fingerprint density at radius 3 is 1.93 bits per heavy atom. The third-order valence-corrected chi connectivity index (χ3v) is 8.04. The lowest BCUT2D eigenvalue weighted by molar-refractivity contribution is 0.669. The molecular formula is C40H27NO. The predicted octanol–water partition coefficient (Wildman–Crippen LogP) is 11.5. The Kier molecular flexibility index (Phi) is 5.82. The van der Waals surface area contributed by atoms with Crippen molar-refractivity contribution in [2.24, 2.45) is 0 Å². The molecule has 42 heavy (non-hydrogen) atoms. The minimum atomic E-state index is 0.880. The van der Waals surface area contributed by atoms with Crippen molar-refractivity contribution in [2.45, 2.75) is 0 Å². The molecule has 0 saturated carbocycles. The van der Waals surface area contributed by atoms with Gasteiger partial charge in [0.1, 0.15) is 5.58 Å². The van der Waals surface area contributed by atoms with Crippen LogP contribution < -0.4 is 4.90 Å². The summed E-state index contributed by atoms with van der Waals surface area (Å²) in [5.41, 5.74) is 9.73. The highest BCUT2D eigenvalue weighted by Crippen LogP contribution is 2.43. The quantitative estimate of drug-likeness (QED) is 0.217. The molecule has 2 nitrogen and oxygen atoms in total. The van der Waals surface area contributed by atoms with Gasteiger partial charge in [-0.3, -0.25) is 0 Å². The van der Waals surface area contributed by atoms with Gasteiger partial charge in [-0.25, -0.2) is 0 Å². The summed E-state index contributed by atoms with van der Waals surface area (Å²) in [6.45, 7) is 0. The van der Waals surface area contributed by atoms with E-state index < -0.39 is 0 Å². The Hall–Kier alpha value is -5.60. The van der Waals surface area contributed by atoms with Crippen molar-refractivity contribution in [3.8, 4) is 22.3 Å². The smallest absolute Gasteiger partial charge is 0.159 e. The number of furan rings is 1. The predicted molar refractivity (Wildman–Crippen MR) is 177 cm³/mol. The van der Waals surface area contributed by atoms with E-state index in [9.17, 15) is 0 Å². The van der Waals surface area contributed by atoms with Crippen LogP contribution in [0.1, 0.15) is 0 Å². The zero-order valence-corrected chi connectivity index (χ0v) is 22.9. The van der Waals surface area contributed by atoms with E-state index in [-0.39, 0.29) is 0 Å². The molecular weight excluding hydrogens is 510 g/mol. The summed E-state index contributed by atoms with van der Waals surface area (Å²) in [5.74, 6) is 0. The van der Waals surface area contributed by atoms with Crippen LogP contribution in [0.3, 0.4) is 0 Å². The molecule has 0 amide bonds. The van der Waals surface area contributed by atoms with Gasteiger partial charge in [0.05, 0.1) is 5.69 Å². The molecule has 8 rings (SSSR count). The summed E-state index contributed by atoms with van der Waals surface area (Å²) in [5, 5.41) is 4.75. The SMILES string of the molecule is c1ccc(N(c2cccc(-c3cccc(-c4cccc5ccccc45)c3)c2)c2cccc3c2oc2ccccc23)cc1. The van der Waals surface area contributed by atoms with Gasteiger partial charge in [-0.15, -0.1) is 0 Å². The molecule has 198 valence electrons. The van der Waals surface area contributed by atoms with E-state index in [1.165, 1.54) is 27.5 Å². The number of rotatable bonds is 5. The fourth-order valence-electron chi connectivity index (χ4n) is 6.08. The first-order chi connectivity index (χ1) is 20.8. The minimum absolute atomic E-state index is 0.880. The number of anilines is 3. The molecule has 0 bridgehead atoms. The molecule has 0 aliphatic heterocycles. The largest absolute Gasteiger partial charge is 0.454 e. The van der Waals surface area contributed by atoms with Gasteiger partial charge in [0.2, 0.25) is 0 Å². The van der Waals surface area contributed by atoms with Crippen LogP contribution in [0.4, 0.5) is 17.1 Å². The fraction of sp³-hybridized carbons (Fsp3) is 0. The van der Waals surface area contributed by atoms with E-state index in [1.54, 1.807) is 0 Å². The van der Waals surface area contributed by atoms with Crippen LogP contribution in [0.5, 0.6) is 0 Å². The molecule has 0 aliphatic carbocycles. The summed E-state index contributed by atoms with van der Waals surface area (Å²) in [6, 6.07) is 57.9. The Morgan fingerprint density at radius 2 is 1.02 bits per heavy atom. The lowest BCUT2D eigenvalue weighted by Crippen LogP contribution is -2.10. The van der Waals surface area contributed by atoms with Crippen LogP contribution in [-0.4, -0.2) is 0 Å². The second-order valence-electron chi connectivity index (χ2n) is 10.6. The maximum Gasteiger partial charge on any atom is 0.159 e. The summed E-state index contributed by atoms with van der Waals surface area (Å²) >= 11 is 0. The van der Waals surface area contributed by atoms with Crippen LogP contribution in [0.2, 0.25) is 0 Å². The minimum Gasteiger partial charge on any atom is -0.454 e. The van der Waals surface area contributed by atoms with Crippen LogP contribution >= 0.6 is 0 Å². The van der Waals surface area contributed by atoms with Gasteiger partial charge in [0, 0.05) is 22.1 Å². The van der Waals surface area contributed by atoms with Crippen molar-refractivity contribution in [3.63, 3.8) is 0 Å². The average molecular weight is 538 g/mol. The first kappa shape index (κ1) is 24.2. The number of nitrogens with zero attached hydrogens (tertiary/aromatic N) is 1. The van der Waals surface area contributed by atoms with Gasteiger partial charge >= 0.3 is 0 Å². The number of para-hydroxylation sites is 3. The summed E-state index contributed by atoms with van der Waals surface area (Å²) in [4.78, 5) is 2.29. The van der Waals surface area contributed by atoms with Gasteiger partial charge in [0.15, 0.2) is 5.58 Å². The van der Waals surface area contributed by atoms with E-state index in [0.717, 1.165) is 44.6 Å². The third-order valence-electron chi connectivity index (χ3n) is 8.04. The number of hydrogen-bond acceptors (Lipinski definition) is 2. The van der Waals surface area contributed by atoms with Crippen molar-refractivity contribution < 1.29 is 4.42 Å². The Bertz CT molecular complexity index is 2200. The molecule has 1 aromatic heterocycles. The molecule has 2 heteroatoms. The van der Waals surface area contributed by atoms with E-state index >= 15 is 0 Å². The molecule has 0 saturated heterocycles. The third kappa shape index (κ3) is 4.13. The molecule has 0 aliphatic rings. The van der Waals surface area contributed by atoms with Crippen LogP contribution in [0.25, 0.3) is 55.0 Å². The van der Waals surface area contributed by atoms with Crippen molar-refractivity contribution in [1.82, 2.24) is 0 Å². The highest BCUT2D eigenvalue weighted by atomic mass is 16.3. The topological polar surface area (TPSA) is 16.4 Å². The fourth-order valence-corrected chi connectivity index (χ4v) is 6.08. The monoisotopic (exact) mass is 537 g/mol. The maximum atomic E-state index is 6.48. The summed E-state index contributed by atoms with van der Waals surface area (Å²) in [7, 11) is 0. The molecule has 1 heterocycles. The van der Waals surface area contributed by atoms with Crippen molar-refractivity contribution in [2.75, 3.05) is 4.90 Å². The summed E-state index contributed by atoms with van der Waals surface area (Å²) in [6.07, 6.45) is 0. The molecule has 0 atom stereocenters. The van der Waals surface area contributed by atoms with Crippen molar-refractivity contribution in [3.05, 3.63) is 164 Å². The van der Waals surface area contributed by atoms with E-state index in [4.69, 9.17) is 4.42 Å². The van der Waals surface area contributed by atoms with E-state index in [0.29, 0.717) is 0 Å². The van der Waals surface area contributed by atoms with Gasteiger partial charge in [-0.2, -0.15) is 0 Å². The standard InChI is InChI=1S/C40H27NO/c1-2-17-32(18-3-1)41(38-24-11-23-37-36-21-6-7-25-39(36)42-40(37)38)33-19-9-15-30(27-33)29-14-8-16-31(26-29)35-22-10-13-28-12-4-5-20-34(28)35/h1-27H.